The van der Waals surface area contributed by atoms with Gasteiger partial charge in [0.2, 0.25) is 0 Å². The van der Waals surface area contributed by atoms with Gasteiger partial charge in [0.05, 0.1) is 25.7 Å². The zero-order valence-corrected chi connectivity index (χ0v) is 12.2. The van der Waals surface area contributed by atoms with Crippen LogP contribution in [0.15, 0.2) is 18.2 Å². The summed E-state index contributed by atoms with van der Waals surface area (Å²) in [6.45, 7) is 2.43. The largest absolute Gasteiger partial charge is 0.493 e. The van der Waals surface area contributed by atoms with Gasteiger partial charge in [-0.15, -0.1) is 0 Å². The third kappa shape index (κ3) is 3.04. The van der Waals surface area contributed by atoms with Gasteiger partial charge in [-0.3, -0.25) is 9.69 Å². The quantitative estimate of drug-likeness (QED) is 0.883. The van der Waals surface area contributed by atoms with Crippen LogP contribution in [0.4, 0.5) is 0 Å². The molecule has 3 rings (SSSR count). The molecule has 1 N–H and O–H groups in total. The molecule has 1 fully saturated rings. The highest BCUT2D eigenvalue weighted by molar-refractivity contribution is 5.71. The molecule has 2 heterocycles. The molecule has 21 heavy (non-hydrogen) atoms. The minimum atomic E-state index is -0.765. The summed E-state index contributed by atoms with van der Waals surface area (Å²) in [4.78, 5) is 13.3. The zero-order valence-electron chi connectivity index (χ0n) is 12.2. The summed E-state index contributed by atoms with van der Waals surface area (Å²) in [5, 5.41) is 9.20. The van der Waals surface area contributed by atoms with Gasteiger partial charge < -0.3 is 14.6 Å². The summed E-state index contributed by atoms with van der Waals surface area (Å²) < 4.78 is 10.8. The van der Waals surface area contributed by atoms with Crippen molar-refractivity contribution in [3.8, 4) is 5.75 Å². The van der Waals surface area contributed by atoms with E-state index in [9.17, 15) is 9.90 Å². The molecule has 2 atom stereocenters. The van der Waals surface area contributed by atoms with Crippen LogP contribution in [0.2, 0.25) is 0 Å². The van der Waals surface area contributed by atoms with Crippen LogP contribution in [0.25, 0.3) is 0 Å². The standard InChI is InChI=1S/C16H21NO4/c1-17(14-10-20-9-13(14)16(18)19)6-4-11-2-3-15-12(8-11)5-7-21-15/h2-3,8,13-14H,4-7,9-10H2,1H3,(H,18,19). The molecule has 114 valence electrons. The van der Waals surface area contributed by atoms with E-state index in [1.807, 2.05) is 13.1 Å². The number of nitrogens with zero attached hydrogens (tertiary/aromatic N) is 1. The summed E-state index contributed by atoms with van der Waals surface area (Å²) >= 11 is 0. The SMILES string of the molecule is CN(CCc1ccc2c(c1)CCO2)C1COCC1C(=O)O. The van der Waals surface area contributed by atoms with Crippen molar-refractivity contribution < 1.29 is 19.4 Å². The normalized spacial score (nSPS) is 24.1. The van der Waals surface area contributed by atoms with Gasteiger partial charge in [-0.05, 0) is 30.7 Å². The van der Waals surface area contributed by atoms with E-state index < -0.39 is 11.9 Å². The van der Waals surface area contributed by atoms with Crippen molar-refractivity contribution in [2.45, 2.75) is 18.9 Å². The number of rotatable bonds is 5. The van der Waals surface area contributed by atoms with E-state index in [1.165, 1.54) is 11.1 Å². The van der Waals surface area contributed by atoms with Crippen molar-refractivity contribution >= 4 is 5.97 Å². The number of ether oxygens (including phenoxy) is 2. The number of fused-ring (bicyclic) bond motifs is 1. The number of hydrogen-bond acceptors (Lipinski definition) is 4. The predicted molar refractivity (Wildman–Crippen MR) is 77.7 cm³/mol. The summed E-state index contributed by atoms with van der Waals surface area (Å²) in [5.74, 6) is -0.176. The minimum absolute atomic E-state index is 0.0275. The molecule has 2 aliphatic rings. The molecule has 0 aliphatic carbocycles. The highest BCUT2D eigenvalue weighted by Crippen LogP contribution is 2.26. The average molecular weight is 291 g/mol. The van der Waals surface area contributed by atoms with Crippen molar-refractivity contribution in [1.29, 1.82) is 0 Å². The maximum Gasteiger partial charge on any atom is 0.310 e. The van der Waals surface area contributed by atoms with E-state index in [0.717, 1.165) is 31.7 Å². The van der Waals surface area contributed by atoms with E-state index in [2.05, 4.69) is 17.0 Å². The molecule has 5 heteroatoms. The first kappa shape index (κ1) is 14.4. The first-order valence-electron chi connectivity index (χ1n) is 7.40. The number of carboxylic acid groups (broad SMARTS) is 1. The zero-order chi connectivity index (χ0) is 14.8. The van der Waals surface area contributed by atoms with Gasteiger partial charge in [0, 0.05) is 19.0 Å². The van der Waals surface area contributed by atoms with Gasteiger partial charge in [0.25, 0.3) is 0 Å². The van der Waals surface area contributed by atoms with E-state index in [4.69, 9.17) is 9.47 Å². The van der Waals surface area contributed by atoms with Gasteiger partial charge in [0.15, 0.2) is 0 Å². The molecule has 1 saturated heterocycles. The molecular formula is C16H21NO4. The van der Waals surface area contributed by atoms with Crippen LogP contribution in [-0.2, 0) is 22.4 Å². The van der Waals surface area contributed by atoms with Crippen LogP contribution in [0.1, 0.15) is 11.1 Å². The first-order valence-corrected chi connectivity index (χ1v) is 7.40. The Balaban J connectivity index is 1.58. The van der Waals surface area contributed by atoms with E-state index >= 15 is 0 Å². The van der Waals surface area contributed by atoms with Crippen LogP contribution in [0.5, 0.6) is 5.75 Å². The smallest absolute Gasteiger partial charge is 0.310 e. The van der Waals surface area contributed by atoms with Crippen molar-refractivity contribution in [1.82, 2.24) is 4.90 Å². The van der Waals surface area contributed by atoms with Crippen LogP contribution < -0.4 is 4.74 Å². The molecule has 1 aromatic rings. The fourth-order valence-corrected chi connectivity index (χ4v) is 3.08. The lowest BCUT2D eigenvalue weighted by Gasteiger charge is -2.26. The Hall–Kier alpha value is -1.59. The monoisotopic (exact) mass is 291 g/mol. The maximum absolute atomic E-state index is 11.2. The fraction of sp³-hybridized carbons (Fsp3) is 0.562. The Bertz CT molecular complexity index is 531. The Kier molecular flexibility index (Phi) is 4.12. The molecule has 0 saturated carbocycles. The van der Waals surface area contributed by atoms with Crippen molar-refractivity contribution in [3.63, 3.8) is 0 Å². The molecule has 0 spiro atoms. The second kappa shape index (κ2) is 6.03. The van der Waals surface area contributed by atoms with Crippen LogP contribution >= 0.6 is 0 Å². The number of benzene rings is 1. The van der Waals surface area contributed by atoms with Gasteiger partial charge in [-0.1, -0.05) is 12.1 Å². The van der Waals surface area contributed by atoms with Crippen LogP contribution in [-0.4, -0.2) is 55.4 Å². The van der Waals surface area contributed by atoms with E-state index in [-0.39, 0.29) is 6.04 Å². The molecule has 2 unspecified atom stereocenters. The molecular weight excluding hydrogens is 270 g/mol. The molecule has 0 aromatic heterocycles. The van der Waals surface area contributed by atoms with Crippen molar-refractivity contribution in [3.05, 3.63) is 29.3 Å². The van der Waals surface area contributed by atoms with Crippen LogP contribution in [0, 0.1) is 5.92 Å². The van der Waals surface area contributed by atoms with E-state index in [0.29, 0.717) is 13.2 Å². The Morgan fingerprint density at radius 3 is 3.10 bits per heavy atom. The van der Waals surface area contributed by atoms with Gasteiger partial charge >= 0.3 is 5.97 Å². The Morgan fingerprint density at radius 1 is 1.43 bits per heavy atom. The predicted octanol–water partition coefficient (Wildman–Crippen LogP) is 1.20. The molecule has 2 aliphatic heterocycles. The maximum atomic E-state index is 11.2. The number of likely N-dealkylation sites (N-methyl/N-ethyl adjacent to an activating group) is 1. The average Bonchev–Trinajstić information content (AvgIpc) is 3.12. The molecule has 0 amide bonds. The summed E-state index contributed by atoms with van der Waals surface area (Å²) in [7, 11) is 1.98. The fourth-order valence-electron chi connectivity index (χ4n) is 3.08. The lowest BCUT2D eigenvalue weighted by molar-refractivity contribution is -0.143. The Labute approximate surface area is 124 Å². The van der Waals surface area contributed by atoms with Crippen LogP contribution in [0.3, 0.4) is 0 Å². The van der Waals surface area contributed by atoms with Crippen molar-refractivity contribution in [2.24, 2.45) is 5.92 Å². The van der Waals surface area contributed by atoms with Gasteiger partial charge in [-0.2, -0.15) is 0 Å². The van der Waals surface area contributed by atoms with Crippen molar-refractivity contribution in [2.75, 3.05) is 33.4 Å². The number of aliphatic carboxylic acids is 1. The molecule has 0 bridgehead atoms. The first-order chi connectivity index (χ1) is 10.1. The Morgan fingerprint density at radius 2 is 2.29 bits per heavy atom. The second-order valence-electron chi connectivity index (χ2n) is 5.82. The summed E-state index contributed by atoms with van der Waals surface area (Å²) in [6, 6.07) is 6.31. The highest BCUT2D eigenvalue weighted by atomic mass is 16.5. The summed E-state index contributed by atoms with van der Waals surface area (Å²) in [5.41, 5.74) is 2.56. The minimum Gasteiger partial charge on any atom is -0.493 e. The highest BCUT2D eigenvalue weighted by Gasteiger charge is 2.36. The lowest BCUT2D eigenvalue weighted by Crippen LogP contribution is -2.41. The molecule has 0 radical (unpaired) electrons. The number of carboxylic acids is 1. The second-order valence-corrected chi connectivity index (χ2v) is 5.82. The number of carbonyl (C=O) groups is 1. The third-order valence-electron chi connectivity index (χ3n) is 4.44. The molecule has 5 nitrogen and oxygen atoms in total. The third-order valence-corrected chi connectivity index (χ3v) is 4.44. The summed E-state index contributed by atoms with van der Waals surface area (Å²) in [6.07, 6.45) is 1.89. The molecule has 1 aromatic carbocycles. The number of hydrogen-bond donors (Lipinski definition) is 1. The van der Waals surface area contributed by atoms with Gasteiger partial charge in [0.1, 0.15) is 5.75 Å². The lowest BCUT2D eigenvalue weighted by atomic mass is 10.0. The topological polar surface area (TPSA) is 59.0 Å². The van der Waals surface area contributed by atoms with Gasteiger partial charge in [-0.25, -0.2) is 0 Å². The van der Waals surface area contributed by atoms with E-state index in [1.54, 1.807) is 0 Å².